The van der Waals surface area contributed by atoms with Crippen molar-refractivity contribution in [3.05, 3.63) is 29.3 Å². The maximum absolute atomic E-state index is 13.3. The lowest BCUT2D eigenvalue weighted by molar-refractivity contribution is -0.137. The smallest absolute Gasteiger partial charge is 0.369 e. The Hall–Kier alpha value is -1.23. The number of hydrogen-bond acceptors (Lipinski definition) is 3. The van der Waals surface area contributed by atoms with Crippen LogP contribution in [0.5, 0.6) is 0 Å². The zero-order chi connectivity index (χ0) is 20.1. The molecule has 164 valence electrons. The Morgan fingerprint density at radius 3 is 2.38 bits per heavy atom. The largest absolute Gasteiger partial charge is 0.416 e. The van der Waals surface area contributed by atoms with Crippen LogP contribution in [0.4, 0.5) is 18.9 Å². The number of guanidine groups is 1. The van der Waals surface area contributed by atoms with Gasteiger partial charge in [-0.3, -0.25) is 4.99 Å². The normalized spacial score (nSPS) is 19.2. The number of benzene rings is 1. The Labute approximate surface area is 188 Å². The summed E-state index contributed by atoms with van der Waals surface area (Å²) in [7, 11) is 3.75. The minimum absolute atomic E-state index is 0. The summed E-state index contributed by atoms with van der Waals surface area (Å²) >= 11 is 0. The van der Waals surface area contributed by atoms with Crippen LogP contribution in [-0.4, -0.2) is 57.2 Å². The van der Waals surface area contributed by atoms with E-state index in [1.165, 1.54) is 25.0 Å². The van der Waals surface area contributed by atoms with E-state index >= 15 is 0 Å². The molecule has 0 bridgehead atoms. The van der Waals surface area contributed by atoms with E-state index in [4.69, 9.17) is 0 Å². The fourth-order valence-electron chi connectivity index (χ4n) is 3.90. The zero-order valence-corrected chi connectivity index (χ0v) is 19.4. The van der Waals surface area contributed by atoms with Crippen molar-refractivity contribution in [3.8, 4) is 0 Å². The van der Waals surface area contributed by atoms with E-state index in [1.54, 1.807) is 13.1 Å². The van der Waals surface area contributed by atoms with Crippen LogP contribution >= 0.6 is 24.0 Å². The fraction of sp³-hybridized carbons (Fsp3) is 0.650. The van der Waals surface area contributed by atoms with E-state index in [0.29, 0.717) is 24.1 Å². The van der Waals surface area contributed by atoms with Gasteiger partial charge in [-0.05, 0) is 43.7 Å². The summed E-state index contributed by atoms with van der Waals surface area (Å²) in [4.78, 5) is 8.64. The van der Waals surface area contributed by atoms with Crippen LogP contribution in [-0.2, 0) is 12.7 Å². The summed E-state index contributed by atoms with van der Waals surface area (Å²) in [6.07, 6.45) is 0.276. The molecule has 1 heterocycles. The molecule has 1 saturated carbocycles. The minimum atomic E-state index is -4.35. The highest BCUT2D eigenvalue weighted by Crippen LogP contribution is 2.33. The van der Waals surface area contributed by atoms with Crippen LogP contribution in [0.25, 0.3) is 0 Å². The number of likely N-dealkylation sites (N-methyl/N-ethyl adjacent to an activating group) is 1. The van der Waals surface area contributed by atoms with Crippen molar-refractivity contribution in [1.29, 1.82) is 0 Å². The molecule has 1 aliphatic carbocycles. The van der Waals surface area contributed by atoms with Crippen molar-refractivity contribution in [2.45, 2.75) is 44.4 Å². The molecule has 2 N–H and O–H groups in total. The summed E-state index contributed by atoms with van der Waals surface area (Å²) < 4.78 is 39.8. The van der Waals surface area contributed by atoms with E-state index in [2.05, 4.69) is 32.5 Å². The van der Waals surface area contributed by atoms with E-state index in [9.17, 15) is 13.2 Å². The van der Waals surface area contributed by atoms with Crippen LogP contribution in [0.2, 0.25) is 0 Å². The topological polar surface area (TPSA) is 42.9 Å². The Morgan fingerprint density at radius 1 is 1.14 bits per heavy atom. The first-order valence-electron chi connectivity index (χ1n) is 9.97. The molecule has 2 fully saturated rings. The van der Waals surface area contributed by atoms with Gasteiger partial charge in [-0.15, -0.1) is 24.0 Å². The minimum Gasteiger partial charge on any atom is -0.369 e. The monoisotopic (exact) mass is 525 g/mol. The van der Waals surface area contributed by atoms with Gasteiger partial charge < -0.3 is 20.4 Å². The summed E-state index contributed by atoms with van der Waals surface area (Å²) in [5.41, 5.74) is 0.902. The first kappa shape index (κ1) is 24.0. The van der Waals surface area contributed by atoms with Gasteiger partial charge in [0, 0.05) is 51.5 Å². The van der Waals surface area contributed by atoms with Gasteiger partial charge in [0.2, 0.25) is 0 Å². The number of hydrogen-bond donors (Lipinski definition) is 2. The number of halogens is 4. The average Bonchev–Trinajstić information content (AvgIpc) is 3.18. The fourth-order valence-corrected chi connectivity index (χ4v) is 3.90. The Kier molecular flexibility index (Phi) is 8.87. The Morgan fingerprint density at radius 2 is 1.79 bits per heavy atom. The molecule has 0 spiro atoms. The van der Waals surface area contributed by atoms with E-state index in [-0.39, 0.29) is 24.0 Å². The molecule has 0 radical (unpaired) electrons. The maximum Gasteiger partial charge on any atom is 0.416 e. The van der Waals surface area contributed by atoms with Crippen LogP contribution in [0.3, 0.4) is 0 Å². The number of nitrogens with zero attached hydrogens (tertiary/aromatic N) is 3. The first-order chi connectivity index (χ1) is 13.4. The average molecular weight is 525 g/mol. The third kappa shape index (κ3) is 6.63. The summed E-state index contributed by atoms with van der Waals surface area (Å²) in [6, 6.07) is 4.45. The van der Waals surface area contributed by atoms with Gasteiger partial charge in [-0.2, -0.15) is 13.2 Å². The number of anilines is 1. The molecular formula is C20H31F3IN5. The van der Waals surface area contributed by atoms with Gasteiger partial charge in [0.25, 0.3) is 0 Å². The highest BCUT2D eigenvalue weighted by atomic mass is 127. The van der Waals surface area contributed by atoms with E-state index < -0.39 is 11.7 Å². The van der Waals surface area contributed by atoms with E-state index in [1.807, 2.05) is 0 Å². The van der Waals surface area contributed by atoms with Crippen LogP contribution in [0, 0.1) is 0 Å². The van der Waals surface area contributed by atoms with Crippen molar-refractivity contribution < 1.29 is 13.2 Å². The summed E-state index contributed by atoms with van der Waals surface area (Å²) in [5.74, 6) is 0.647. The molecule has 5 nitrogen and oxygen atoms in total. The van der Waals surface area contributed by atoms with Crippen LogP contribution < -0.4 is 15.5 Å². The lowest BCUT2D eigenvalue weighted by atomic mass is 10.1. The molecule has 0 unspecified atom stereocenters. The lowest BCUT2D eigenvalue weighted by Crippen LogP contribution is -2.45. The molecule has 1 saturated heterocycles. The zero-order valence-electron chi connectivity index (χ0n) is 17.1. The van der Waals surface area contributed by atoms with Crippen LogP contribution in [0.1, 0.15) is 36.8 Å². The van der Waals surface area contributed by atoms with Gasteiger partial charge in [-0.25, -0.2) is 0 Å². The molecule has 1 aromatic rings. The quantitative estimate of drug-likeness (QED) is 0.358. The lowest BCUT2D eigenvalue weighted by Gasteiger charge is -2.35. The summed E-state index contributed by atoms with van der Waals surface area (Å²) in [6.45, 7) is 3.73. The molecular weight excluding hydrogens is 494 g/mol. The standard InChI is InChI=1S/C20H30F3N5.HI/c1-24-19(26-17-5-3-4-6-17)25-14-15-13-16(20(21,22)23)7-8-18(15)28-11-9-27(2)10-12-28;/h7-8,13,17H,3-6,9-12,14H2,1-2H3,(H2,24,25,26);1H. The Balaban J connectivity index is 0.00000300. The number of aliphatic imine (C=N–C) groups is 1. The maximum atomic E-state index is 13.3. The van der Waals surface area contributed by atoms with Gasteiger partial charge >= 0.3 is 6.18 Å². The second kappa shape index (κ2) is 10.7. The SMILES string of the molecule is CN=C(NCc1cc(C(F)(F)F)ccc1N1CCN(C)CC1)NC1CCCC1.I. The second-order valence-electron chi connectivity index (χ2n) is 7.68. The number of rotatable bonds is 4. The molecule has 2 aliphatic rings. The van der Waals surface area contributed by atoms with Gasteiger partial charge in [-0.1, -0.05) is 12.8 Å². The highest BCUT2D eigenvalue weighted by Gasteiger charge is 2.31. The van der Waals surface area contributed by atoms with E-state index in [0.717, 1.165) is 44.7 Å². The van der Waals surface area contributed by atoms with Crippen molar-refractivity contribution in [1.82, 2.24) is 15.5 Å². The first-order valence-corrected chi connectivity index (χ1v) is 9.97. The number of nitrogens with one attached hydrogen (secondary N) is 2. The third-order valence-corrected chi connectivity index (χ3v) is 5.62. The molecule has 0 amide bonds. The van der Waals surface area contributed by atoms with Gasteiger partial charge in [0.1, 0.15) is 0 Å². The molecule has 1 aliphatic heterocycles. The van der Waals surface area contributed by atoms with Crippen molar-refractivity contribution in [2.24, 2.45) is 4.99 Å². The molecule has 3 rings (SSSR count). The third-order valence-electron chi connectivity index (χ3n) is 5.62. The predicted molar refractivity (Wildman–Crippen MR) is 122 cm³/mol. The second-order valence-corrected chi connectivity index (χ2v) is 7.68. The van der Waals surface area contributed by atoms with Crippen molar-refractivity contribution in [2.75, 3.05) is 45.2 Å². The number of piperazine rings is 1. The van der Waals surface area contributed by atoms with Crippen molar-refractivity contribution >= 4 is 35.6 Å². The van der Waals surface area contributed by atoms with Crippen LogP contribution in [0.15, 0.2) is 23.2 Å². The molecule has 9 heteroatoms. The van der Waals surface area contributed by atoms with Gasteiger partial charge in [0.15, 0.2) is 5.96 Å². The highest BCUT2D eigenvalue weighted by molar-refractivity contribution is 14.0. The molecule has 29 heavy (non-hydrogen) atoms. The van der Waals surface area contributed by atoms with Gasteiger partial charge in [0.05, 0.1) is 5.56 Å². The predicted octanol–water partition coefficient (Wildman–Crippen LogP) is 3.68. The van der Waals surface area contributed by atoms with Crippen molar-refractivity contribution in [3.63, 3.8) is 0 Å². The molecule has 1 aromatic carbocycles. The molecule has 0 atom stereocenters. The summed E-state index contributed by atoms with van der Waals surface area (Å²) in [5, 5.41) is 6.60. The Bertz CT molecular complexity index is 681. The molecule has 0 aromatic heterocycles. The number of alkyl halides is 3.